The lowest BCUT2D eigenvalue weighted by atomic mass is 10.1. The minimum Gasteiger partial charge on any atom is -0.410 e. The monoisotopic (exact) mass is 403 g/mol. The molecule has 1 N–H and O–H groups in total. The number of hydrogen-bond donors (Lipinski definition) is 1. The summed E-state index contributed by atoms with van der Waals surface area (Å²) >= 11 is 1.35. The highest BCUT2D eigenvalue weighted by Gasteiger charge is 2.18. The number of nitrogens with zero attached hydrogens (tertiary/aromatic N) is 4. The highest BCUT2D eigenvalue weighted by molar-refractivity contribution is 7.98. The molecule has 3 heterocycles. The number of fused-ring (bicyclic) bond motifs is 3. The van der Waals surface area contributed by atoms with Crippen molar-refractivity contribution in [3.05, 3.63) is 64.7 Å². The van der Waals surface area contributed by atoms with Crippen LogP contribution in [0.2, 0.25) is 0 Å². The molecule has 0 saturated heterocycles. The van der Waals surface area contributed by atoms with Crippen molar-refractivity contribution in [1.82, 2.24) is 20.2 Å². The molecule has 0 atom stereocenters. The Labute approximate surface area is 168 Å². The predicted octanol–water partition coefficient (Wildman–Crippen LogP) is 5.06. The molecule has 0 aliphatic heterocycles. The second-order valence-electron chi connectivity index (χ2n) is 6.33. The van der Waals surface area contributed by atoms with Gasteiger partial charge in [-0.25, -0.2) is 4.98 Å². The molecule has 0 saturated carbocycles. The lowest BCUT2D eigenvalue weighted by Gasteiger charge is -2.05. The third-order valence-electron chi connectivity index (χ3n) is 4.63. The molecular formula is C20H13N5O3S. The molecule has 0 spiro atoms. The first-order chi connectivity index (χ1) is 14.1. The van der Waals surface area contributed by atoms with Crippen molar-refractivity contribution >= 4 is 39.3 Å². The van der Waals surface area contributed by atoms with Crippen molar-refractivity contribution < 1.29 is 9.34 Å². The SMILES string of the molecule is CSc1nnc(-c2cc3c([nH]c4ccccc43)c(-c3cccc([N+](=O)[O-])c3)n2)o1. The summed E-state index contributed by atoms with van der Waals surface area (Å²) in [6.07, 6.45) is 1.85. The summed E-state index contributed by atoms with van der Waals surface area (Å²) in [6.45, 7) is 0. The van der Waals surface area contributed by atoms with Gasteiger partial charge in [-0.1, -0.05) is 42.1 Å². The first kappa shape index (κ1) is 17.4. The van der Waals surface area contributed by atoms with Crippen LogP contribution in [-0.4, -0.2) is 31.3 Å². The van der Waals surface area contributed by atoms with Crippen molar-refractivity contribution in [2.45, 2.75) is 5.22 Å². The Morgan fingerprint density at radius 3 is 2.72 bits per heavy atom. The Hall–Kier alpha value is -3.72. The van der Waals surface area contributed by atoms with Crippen molar-refractivity contribution in [2.24, 2.45) is 0 Å². The van der Waals surface area contributed by atoms with Gasteiger partial charge in [-0.3, -0.25) is 10.1 Å². The van der Waals surface area contributed by atoms with Crippen LogP contribution < -0.4 is 0 Å². The maximum absolute atomic E-state index is 11.3. The van der Waals surface area contributed by atoms with Crippen LogP contribution in [0.25, 0.3) is 44.6 Å². The van der Waals surface area contributed by atoms with Crippen LogP contribution in [0.4, 0.5) is 5.69 Å². The number of nitro benzene ring substituents is 1. The minimum atomic E-state index is -0.418. The van der Waals surface area contributed by atoms with E-state index in [2.05, 4.69) is 15.2 Å². The van der Waals surface area contributed by atoms with Gasteiger partial charge in [0.05, 0.1) is 16.1 Å². The Balaban J connectivity index is 1.83. The van der Waals surface area contributed by atoms with Crippen LogP contribution in [0.3, 0.4) is 0 Å². The number of thioether (sulfide) groups is 1. The number of benzene rings is 2. The van der Waals surface area contributed by atoms with Crippen LogP contribution in [0.5, 0.6) is 0 Å². The Morgan fingerprint density at radius 2 is 1.93 bits per heavy atom. The maximum atomic E-state index is 11.3. The fourth-order valence-corrected chi connectivity index (χ4v) is 3.61. The van der Waals surface area contributed by atoms with Crippen LogP contribution in [-0.2, 0) is 0 Å². The normalized spacial score (nSPS) is 11.3. The van der Waals surface area contributed by atoms with Gasteiger partial charge in [0.15, 0.2) is 0 Å². The van der Waals surface area contributed by atoms with Gasteiger partial charge in [-0.05, 0) is 18.4 Å². The van der Waals surface area contributed by atoms with Crippen molar-refractivity contribution in [1.29, 1.82) is 0 Å². The van der Waals surface area contributed by atoms with E-state index in [-0.39, 0.29) is 5.69 Å². The van der Waals surface area contributed by atoms with Gasteiger partial charge in [0.25, 0.3) is 16.8 Å². The Morgan fingerprint density at radius 1 is 1.07 bits per heavy atom. The van der Waals surface area contributed by atoms with E-state index >= 15 is 0 Å². The second kappa shape index (κ2) is 6.71. The molecule has 8 nitrogen and oxygen atoms in total. The van der Waals surface area contributed by atoms with E-state index in [1.165, 1.54) is 23.9 Å². The molecule has 3 aromatic heterocycles. The van der Waals surface area contributed by atoms with Crippen molar-refractivity contribution in [2.75, 3.05) is 6.26 Å². The number of H-pyrrole nitrogens is 1. The van der Waals surface area contributed by atoms with E-state index in [0.717, 1.165) is 21.8 Å². The van der Waals surface area contributed by atoms with Gasteiger partial charge < -0.3 is 9.40 Å². The summed E-state index contributed by atoms with van der Waals surface area (Å²) in [6, 6.07) is 16.2. The van der Waals surface area contributed by atoms with Crippen molar-refractivity contribution in [3.63, 3.8) is 0 Å². The van der Waals surface area contributed by atoms with Gasteiger partial charge >= 0.3 is 0 Å². The van der Waals surface area contributed by atoms with Crippen LogP contribution in [0.15, 0.2) is 64.2 Å². The molecule has 9 heteroatoms. The first-order valence-corrected chi connectivity index (χ1v) is 9.90. The third kappa shape index (κ3) is 2.92. The molecule has 142 valence electrons. The smallest absolute Gasteiger partial charge is 0.276 e. The van der Waals surface area contributed by atoms with Gasteiger partial charge in [0.1, 0.15) is 5.69 Å². The zero-order valence-electron chi connectivity index (χ0n) is 15.1. The highest BCUT2D eigenvalue weighted by Crippen LogP contribution is 2.36. The number of pyridine rings is 1. The molecule has 0 bridgehead atoms. The largest absolute Gasteiger partial charge is 0.410 e. The molecule has 5 aromatic rings. The average molecular weight is 403 g/mol. The number of hydrogen-bond acceptors (Lipinski definition) is 7. The number of non-ortho nitro benzene ring substituents is 1. The second-order valence-corrected chi connectivity index (χ2v) is 7.09. The molecule has 2 aromatic carbocycles. The van der Waals surface area contributed by atoms with E-state index in [1.54, 1.807) is 12.1 Å². The van der Waals surface area contributed by atoms with E-state index in [4.69, 9.17) is 9.40 Å². The number of nitrogens with one attached hydrogen (secondary N) is 1. The molecule has 29 heavy (non-hydrogen) atoms. The zero-order valence-corrected chi connectivity index (χ0v) is 15.9. The number of aromatic nitrogens is 4. The minimum absolute atomic E-state index is 0.00132. The van der Waals surface area contributed by atoms with Gasteiger partial charge in [0.2, 0.25) is 0 Å². The molecule has 0 aliphatic carbocycles. The zero-order chi connectivity index (χ0) is 20.0. The van der Waals surface area contributed by atoms with Gasteiger partial charge in [-0.15, -0.1) is 10.2 Å². The quantitative estimate of drug-likeness (QED) is 0.253. The van der Waals surface area contributed by atoms with Crippen LogP contribution in [0, 0.1) is 10.1 Å². The van der Waals surface area contributed by atoms with Crippen LogP contribution >= 0.6 is 11.8 Å². The van der Waals surface area contributed by atoms with E-state index in [9.17, 15) is 10.1 Å². The fraction of sp³-hybridized carbons (Fsp3) is 0.0500. The number of rotatable bonds is 4. The molecular weight excluding hydrogens is 390 g/mol. The highest BCUT2D eigenvalue weighted by atomic mass is 32.2. The summed E-state index contributed by atoms with van der Waals surface area (Å²) < 4.78 is 5.67. The molecule has 0 radical (unpaired) electrons. The van der Waals surface area contributed by atoms with E-state index in [0.29, 0.717) is 28.1 Å². The molecule has 0 amide bonds. The number of nitro groups is 1. The van der Waals surface area contributed by atoms with Crippen molar-refractivity contribution in [3.8, 4) is 22.8 Å². The van der Waals surface area contributed by atoms with Gasteiger partial charge in [-0.2, -0.15) is 0 Å². The molecule has 0 aliphatic rings. The Kier molecular flexibility index (Phi) is 4.02. The van der Waals surface area contributed by atoms with Gasteiger partial charge in [0, 0.05) is 34.0 Å². The fourth-order valence-electron chi connectivity index (χ4n) is 3.33. The van der Waals surface area contributed by atoms with E-state index < -0.39 is 4.92 Å². The predicted molar refractivity (Wildman–Crippen MR) is 111 cm³/mol. The summed E-state index contributed by atoms with van der Waals surface area (Å²) in [5.41, 5.74) is 3.46. The van der Waals surface area contributed by atoms with Crippen LogP contribution in [0.1, 0.15) is 0 Å². The Bertz CT molecular complexity index is 1390. The standard InChI is InChI=1S/C20H13N5O3S/c1-29-20-24-23-19(28-20)16-10-14-13-7-2-3-8-15(13)21-18(14)17(22-16)11-5-4-6-12(9-11)25(26)27/h2-10,21H,1H3. The summed E-state index contributed by atoms with van der Waals surface area (Å²) in [7, 11) is 0. The molecule has 0 unspecified atom stereocenters. The van der Waals surface area contributed by atoms with E-state index in [1.807, 2.05) is 36.6 Å². The number of aromatic amines is 1. The number of para-hydroxylation sites is 1. The topological polar surface area (TPSA) is 111 Å². The summed E-state index contributed by atoms with van der Waals surface area (Å²) in [4.78, 5) is 18.9. The lowest BCUT2D eigenvalue weighted by molar-refractivity contribution is -0.384. The average Bonchev–Trinajstić information content (AvgIpc) is 3.38. The molecule has 5 rings (SSSR count). The first-order valence-electron chi connectivity index (χ1n) is 8.68. The summed E-state index contributed by atoms with van der Waals surface area (Å²) in [5, 5.41) is 21.7. The summed E-state index contributed by atoms with van der Waals surface area (Å²) in [5.74, 6) is 0.299. The maximum Gasteiger partial charge on any atom is 0.276 e. The lowest BCUT2D eigenvalue weighted by Crippen LogP contribution is -1.93. The third-order valence-corrected chi connectivity index (χ3v) is 5.14. The molecule has 0 fully saturated rings.